The zero-order valence-corrected chi connectivity index (χ0v) is 42.5. The lowest BCUT2D eigenvalue weighted by Gasteiger charge is -2.28. The van der Waals surface area contributed by atoms with Crippen LogP contribution < -0.4 is 4.90 Å². The van der Waals surface area contributed by atoms with Gasteiger partial charge < -0.3 is 14.0 Å². The van der Waals surface area contributed by atoms with E-state index >= 15 is 0 Å². The number of rotatable bonds is 7. The molecule has 0 N–H and O–H groups in total. The van der Waals surface area contributed by atoms with Crippen molar-refractivity contribution < 1.29 is 0 Å². The number of hydrogen-bond acceptors (Lipinski definition) is 1. The standard InChI is InChI=1S/C72H53N3/c1-71(2)63-42-46(32-36-54(63)56-38-34-52(44-65(56)71)73(49-20-8-5-9-21-49)50-22-10-6-11-23-50)48-40-61(70-62(41-48)60-28-16-19-31-69(60)75(70)51-24-12-7-13-25-51)47-33-37-55-57-39-35-53(45-66(57)72(3,4)64(55)43-47)74-67-29-17-14-26-58(67)59-27-15-18-30-68(59)74/h5-45H,1-4H3. The van der Waals surface area contributed by atoms with Crippen LogP contribution in [0.3, 0.4) is 0 Å². The minimum Gasteiger partial charge on any atom is -0.310 e. The highest BCUT2D eigenvalue weighted by molar-refractivity contribution is 6.16. The van der Waals surface area contributed by atoms with E-state index in [-0.39, 0.29) is 10.8 Å². The van der Waals surface area contributed by atoms with Crippen LogP contribution in [0.15, 0.2) is 249 Å². The van der Waals surface area contributed by atoms with Gasteiger partial charge in [0.25, 0.3) is 0 Å². The van der Waals surface area contributed by atoms with Crippen molar-refractivity contribution in [2.75, 3.05) is 4.90 Å². The highest BCUT2D eigenvalue weighted by Crippen LogP contribution is 2.54. The zero-order valence-electron chi connectivity index (χ0n) is 42.5. The van der Waals surface area contributed by atoms with Gasteiger partial charge in [0, 0.05) is 66.4 Å². The van der Waals surface area contributed by atoms with Gasteiger partial charge in [-0.2, -0.15) is 0 Å². The summed E-state index contributed by atoms with van der Waals surface area (Å²) in [7, 11) is 0. The highest BCUT2D eigenvalue weighted by atomic mass is 15.1. The maximum Gasteiger partial charge on any atom is 0.0619 e. The van der Waals surface area contributed by atoms with E-state index in [1.165, 1.54) is 116 Å². The Labute approximate surface area is 437 Å². The minimum atomic E-state index is -0.252. The quantitative estimate of drug-likeness (QED) is 0.155. The Morgan fingerprint density at radius 2 is 0.720 bits per heavy atom. The Hall–Kier alpha value is -9.18. The molecule has 3 nitrogen and oxygen atoms in total. The molecule has 356 valence electrons. The fourth-order valence-corrected chi connectivity index (χ4v) is 13.2. The molecule has 0 unspecified atom stereocenters. The van der Waals surface area contributed by atoms with E-state index in [4.69, 9.17) is 0 Å². The number of fused-ring (bicyclic) bond motifs is 12. The van der Waals surface area contributed by atoms with Gasteiger partial charge in [0.15, 0.2) is 0 Å². The van der Waals surface area contributed by atoms with E-state index < -0.39 is 0 Å². The monoisotopic (exact) mass is 959 g/mol. The van der Waals surface area contributed by atoms with E-state index in [1.807, 2.05) is 0 Å². The second kappa shape index (κ2) is 16.2. The molecule has 0 saturated heterocycles. The van der Waals surface area contributed by atoms with E-state index in [1.54, 1.807) is 0 Å². The predicted molar refractivity (Wildman–Crippen MR) is 316 cm³/mol. The molecule has 15 rings (SSSR count). The SMILES string of the molecule is CC1(C)c2cc(-c3cc(-c4ccc5c(c4)C(C)(C)c4cc(-n6c7ccccc7c7ccccc76)ccc4-5)c4c(c3)c3ccccc3n4-c3ccccc3)ccc2-c2ccc(N(c3ccccc3)c3ccccc3)cc21. The summed E-state index contributed by atoms with van der Waals surface area (Å²) in [6.07, 6.45) is 0. The molecular formula is C72H53N3. The Kier molecular flexibility index (Phi) is 9.35. The molecule has 2 heterocycles. The summed E-state index contributed by atoms with van der Waals surface area (Å²) in [5.41, 5.74) is 25.6. The van der Waals surface area contributed by atoms with Crippen molar-refractivity contribution in [3.05, 3.63) is 271 Å². The summed E-state index contributed by atoms with van der Waals surface area (Å²) < 4.78 is 4.94. The predicted octanol–water partition coefficient (Wildman–Crippen LogP) is 19.3. The normalized spacial score (nSPS) is 13.8. The lowest BCUT2D eigenvalue weighted by atomic mass is 9.80. The second-order valence-corrected chi connectivity index (χ2v) is 21.7. The van der Waals surface area contributed by atoms with Gasteiger partial charge in [-0.05, 0) is 164 Å². The van der Waals surface area contributed by atoms with Crippen molar-refractivity contribution >= 4 is 60.7 Å². The van der Waals surface area contributed by atoms with Crippen LogP contribution in [0.25, 0.3) is 99.5 Å². The van der Waals surface area contributed by atoms with Gasteiger partial charge in [0.05, 0.1) is 22.1 Å². The molecule has 75 heavy (non-hydrogen) atoms. The van der Waals surface area contributed by atoms with Gasteiger partial charge in [-0.1, -0.05) is 173 Å². The van der Waals surface area contributed by atoms with Crippen LogP contribution in [-0.2, 0) is 10.8 Å². The van der Waals surface area contributed by atoms with Gasteiger partial charge in [-0.15, -0.1) is 0 Å². The number of benzene rings is 11. The first-order chi connectivity index (χ1) is 36.7. The first kappa shape index (κ1) is 43.4. The number of aromatic nitrogens is 2. The topological polar surface area (TPSA) is 13.1 Å². The summed E-state index contributed by atoms with van der Waals surface area (Å²) in [6.45, 7) is 9.63. The van der Waals surface area contributed by atoms with Gasteiger partial charge in [-0.3, -0.25) is 0 Å². The first-order valence-corrected chi connectivity index (χ1v) is 26.3. The molecular weight excluding hydrogens is 907 g/mol. The van der Waals surface area contributed by atoms with E-state index in [0.29, 0.717) is 0 Å². The van der Waals surface area contributed by atoms with Gasteiger partial charge >= 0.3 is 0 Å². The summed E-state index contributed by atoms with van der Waals surface area (Å²) in [5.74, 6) is 0. The third-order valence-corrected chi connectivity index (χ3v) is 16.9. The van der Waals surface area contributed by atoms with Gasteiger partial charge in [0.2, 0.25) is 0 Å². The number of anilines is 3. The van der Waals surface area contributed by atoms with Crippen LogP contribution in [0.2, 0.25) is 0 Å². The molecule has 0 spiro atoms. The molecule has 0 radical (unpaired) electrons. The van der Waals surface area contributed by atoms with Crippen LogP contribution in [0, 0.1) is 0 Å². The minimum absolute atomic E-state index is 0.242. The number of nitrogens with zero attached hydrogens (tertiary/aromatic N) is 3. The molecule has 0 fully saturated rings. The molecule has 2 aliphatic carbocycles. The third kappa shape index (κ3) is 6.41. The lowest BCUT2D eigenvalue weighted by molar-refractivity contribution is 0.660. The van der Waals surface area contributed by atoms with E-state index in [9.17, 15) is 0 Å². The molecule has 0 atom stereocenters. The van der Waals surface area contributed by atoms with Crippen molar-refractivity contribution in [2.45, 2.75) is 38.5 Å². The molecule has 3 heteroatoms. The van der Waals surface area contributed by atoms with Crippen molar-refractivity contribution in [1.82, 2.24) is 9.13 Å². The summed E-state index contributed by atoms with van der Waals surface area (Å²) >= 11 is 0. The molecule has 13 aromatic rings. The lowest BCUT2D eigenvalue weighted by Crippen LogP contribution is -2.16. The van der Waals surface area contributed by atoms with Crippen molar-refractivity contribution in [2.24, 2.45) is 0 Å². The first-order valence-electron chi connectivity index (χ1n) is 26.3. The molecule has 11 aromatic carbocycles. The van der Waals surface area contributed by atoms with Crippen molar-refractivity contribution in [1.29, 1.82) is 0 Å². The largest absolute Gasteiger partial charge is 0.310 e. The van der Waals surface area contributed by atoms with Gasteiger partial charge in [0.1, 0.15) is 0 Å². The highest BCUT2D eigenvalue weighted by Gasteiger charge is 2.38. The Balaban J connectivity index is 0.885. The fraction of sp³-hybridized carbons (Fsp3) is 0.0833. The Bertz CT molecular complexity index is 4360. The molecule has 2 aliphatic rings. The maximum atomic E-state index is 2.51. The molecule has 0 bridgehead atoms. The summed E-state index contributed by atoms with van der Waals surface area (Å²) in [5, 5.41) is 5.04. The van der Waals surface area contributed by atoms with E-state index in [0.717, 1.165) is 22.7 Å². The average molecular weight is 960 g/mol. The van der Waals surface area contributed by atoms with Crippen molar-refractivity contribution in [3.63, 3.8) is 0 Å². The van der Waals surface area contributed by atoms with Crippen LogP contribution >= 0.6 is 0 Å². The average Bonchev–Trinajstić information content (AvgIpc) is 4.22. The molecule has 0 aliphatic heterocycles. The number of hydrogen-bond donors (Lipinski definition) is 0. The third-order valence-electron chi connectivity index (χ3n) is 16.9. The molecule has 2 aromatic heterocycles. The van der Waals surface area contributed by atoms with Gasteiger partial charge in [-0.25, -0.2) is 0 Å². The summed E-state index contributed by atoms with van der Waals surface area (Å²) in [4.78, 5) is 2.37. The Morgan fingerprint density at radius 3 is 1.31 bits per heavy atom. The van der Waals surface area contributed by atoms with Crippen LogP contribution in [0.5, 0.6) is 0 Å². The van der Waals surface area contributed by atoms with Crippen molar-refractivity contribution in [3.8, 4) is 55.9 Å². The fourth-order valence-electron chi connectivity index (χ4n) is 13.2. The number of para-hydroxylation sites is 6. The van der Waals surface area contributed by atoms with Crippen LogP contribution in [0.1, 0.15) is 49.9 Å². The molecule has 0 amide bonds. The Morgan fingerprint density at radius 1 is 0.280 bits per heavy atom. The zero-order chi connectivity index (χ0) is 50.2. The second-order valence-electron chi connectivity index (χ2n) is 21.7. The van der Waals surface area contributed by atoms with E-state index in [2.05, 4.69) is 290 Å². The smallest absolute Gasteiger partial charge is 0.0619 e. The van der Waals surface area contributed by atoms with Crippen LogP contribution in [0.4, 0.5) is 17.1 Å². The van der Waals surface area contributed by atoms with Crippen LogP contribution in [-0.4, -0.2) is 9.13 Å². The molecule has 0 saturated carbocycles. The summed E-state index contributed by atoms with van der Waals surface area (Å²) in [6, 6.07) is 92.5. The maximum absolute atomic E-state index is 2.51.